The number of guanidine groups is 1. The molecular weight excluding hydrogens is 403 g/mol. The van der Waals surface area contributed by atoms with Gasteiger partial charge in [-0.3, -0.25) is 9.67 Å². The summed E-state index contributed by atoms with van der Waals surface area (Å²) in [6.07, 6.45) is -0.779. The van der Waals surface area contributed by atoms with E-state index < -0.39 is 11.7 Å². The topological polar surface area (TPSA) is 54.2 Å². The van der Waals surface area contributed by atoms with Gasteiger partial charge in [-0.1, -0.05) is 24.6 Å². The molecule has 2 N–H and O–H groups in total. The zero-order valence-corrected chi connectivity index (χ0v) is 18.9. The molecule has 1 unspecified atom stereocenters. The molecule has 1 aromatic carbocycles. The van der Waals surface area contributed by atoms with Crippen LogP contribution in [0.25, 0.3) is 0 Å². The predicted octanol–water partition coefficient (Wildman–Crippen LogP) is 4.27. The number of nitrogens with one attached hydrogen (secondary N) is 2. The smallest absolute Gasteiger partial charge is 0.356 e. The molecule has 1 heterocycles. The van der Waals surface area contributed by atoms with Crippen LogP contribution in [-0.2, 0) is 25.1 Å². The predicted molar refractivity (Wildman–Crippen MR) is 117 cm³/mol. The fourth-order valence-electron chi connectivity index (χ4n) is 4.35. The van der Waals surface area contributed by atoms with Crippen molar-refractivity contribution in [3.63, 3.8) is 0 Å². The quantitative estimate of drug-likeness (QED) is 0.526. The van der Waals surface area contributed by atoms with Crippen LogP contribution >= 0.6 is 0 Å². The van der Waals surface area contributed by atoms with Crippen molar-refractivity contribution >= 4 is 5.96 Å². The van der Waals surface area contributed by atoms with Crippen LogP contribution in [0.2, 0.25) is 0 Å². The van der Waals surface area contributed by atoms with Crippen molar-refractivity contribution in [2.45, 2.75) is 64.1 Å². The number of nitrogens with zero attached hydrogens (tertiary/aromatic N) is 3. The van der Waals surface area contributed by atoms with Gasteiger partial charge in [-0.05, 0) is 57.2 Å². The molecule has 0 bridgehead atoms. The average molecular weight is 436 g/mol. The number of alkyl halides is 3. The van der Waals surface area contributed by atoms with Crippen molar-refractivity contribution in [3.05, 3.63) is 52.3 Å². The number of aromatic nitrogens is 2. The molecule has 1 fully saturated rings. The molecule has 170 valence electrons. The van der Waals surface area contributed by atoms with E-state index >= 15 is 0 Å². The van der Waals surface area contributed by atoms with Crippen LogP contribution in [0.3, 0.4) is 0 Å². The number of hydrogen-bond acceptors (Lipinski definition) is 2. The number of rotatable bonds is 6. The molecule has 1 saturated carbocycles. The van der Waals surface area contributed by atoms with Gasteiger partial charge in [-0.25, -0.2) is 0 Å². The minimum atomic E-state index is -4.33. The maximum Gasteiger partial charge on any atom is 0.416 e. The molecule has 1 aliphatic rings. The summed E-state index contributed by atoms with van der Waals surface area (Å²) in [6.45, 7) is 6.71. The third kappa shape index (κ3) is 5.05. The lowest BCUT2D eigenvalue weighted by molar-refractivity contribution is -0.137. The van der Waals surface area contributed by atoms with Gasteiger partial charge in [0.05, 0.1) is 11.3 Å². The highest BCUT2D eigenvalue weighted by Gasteiger charge is 2.40. The second kappa shape index (κ2) is 8.93. The summed E-state index contributed by atoms with van der Waals surface area (Å²) in [5.74, 6) is 0.657. The molecular formula is C23H32F3N5. The normalized spacial score (nSPS) is 17.2. The number of benzene rings is 1. The minimum Gasteiger partial charge on any atom is -0.356 e. The molecule has 1 aromatic heterocycles. The Labute approximate surface area is 182 Å². The van der Waals surface area contributed by atoms with Crippen LogP contribution in [0.4, 0.5) is 13.2 Å². The lowest BCUT2D eigenvalue weighted by Crippen LogP contribution is -2.50. The van der Waals surface area contributed by atoms with Crippen LogP contribution in [0.15, 0.2) is 29.3 Å². The highest BCUT2D eigenvalue weighted by molar-refractivity contribution is 5.80. The molecule has 0 spiro atoms. The Kier molecular flexibility index (Phi) is 6.67. The maximum absolute atomic E-state index is 13.2. The highest BCUT2D eigenvalue weighted by Crippen LogP contribution is 2.44. The molecule has 8 heteroatoms. The molecule has 0 saturated heterocycles. The van der Waals surface area contributed by atoms with Crippen molar-refractivity contribution in [3.8, 4) is 0 Å². The van der Waals surface area contributed by atoms with E-state index in [2.05, 4.69) is 34.6 Å². The van der Waals surface area contributed by atoms with E-state index in [1.807, 2.05) is 24.7 Å². The molecule has 1 aliphatic carbocycles. The van der Waals surface area contributed by atoms with Gasteiger partial charge in [-0.15, -0.1) is 0 Å². The Morgan fingerprint density at radius 2 is 2.00 bits per heavy atom. The first-order chi connectivity index (χ1) is 14.6. The average Bonchev–Trinajstić information content (AvgIpc) is 2.91. The molecule has 3 rings (SSSR count). The fraction of sp³-hybridized carbons (Fsp3) is 0.565. The third-order valence-corrected chi connectivity index (χ3v) is 6.48. The molecule has 31 heavy (non-hydrogen) atoms. The third-order valence-electron chi connectivity index (χ3n) is 6.48. The largest absolute Gasteiger partial charge is 0.416 e. The van der Waals surface area contributed by atoms with Crippen LogP contribution in [0.5, 0.6) is 0 Å². The number of hydrogen-bond donors (Lipinski definition) is 2. The number of halogens is 3. The SMILES string of the molecule is CN=C(NCC1(c2cccc(C(F)(F)F)c2)CCC1)NC(C)Cc1c(C)nn(C)c1C. The van der Waals surface area contributed by atoms with E-state index in [1.165, 1.54) is 17.7 Å². The molecule has 0 amide bonds. The first kappa shape index (κ1) is 23.2. The number of aryl methyl sites for hydroxylation is 2. The Hall–Kier alpha value is -2.51. The van der Waals surface area contributed by atoms with Crippen molar-refractivity contribution in [2.75, 3.05) is 13.6 Å². The van der Waals surface area contributed by atoms with Gasteiger partial charge < -0.3 is 10.6 Å². The Morgan fingerprint density at radius 1 is 1.29 bits per heavy atom. The maximum atomic E-state index is 13.2. The van der Waals surface area contributed by atoms with Crippen LogP contribution in [0, 0.1) is 13.8 Å². The van der Waals surface area contributed by atoms with E-state index in [1.54, 1.807) is 7.05 Å². The summed E-state index contributed by atoms with van der Waals surface area (Å²) >= 11 is 0. The Morgan fingerprint density at radius 3 is 2.52 bits per heavy atom. The molecule has 5 nitrogen and oxygen atoms in total. The lowest BCUT2D eigenvalue weighted by atomic mass is 9.64. The zero-order chi connectivity index (χ0) is 22.8. The monoisotopic (exact) mass is 435 g/mol. The summed E-state index contributed by atoms with van der Waals surface area (Å²) in [5, 5.41) is 11.2. The standard InChI is InChI=1S/C23H32F3N5/c1-15(12-20-16(2)30-31(5)17(20)3)29-21(27-4)28-14-22(10-7-11-22)18-8-6-9-19(13-18)23(24,25)26/h6,8-9,13,15H,7,10-12,14H2,1-5H3,(H2,27,28,29). The molecule has 1 atom stereocenters. The summed E-state index contributed by atoms with van der Waals surface area (Å²) in [4.78, 5) is 4.33. The second-order valence-electron chi connectivity index (χ2n) is 8.66. The summed E-state index contributed by atoms with van der Waals surface area (Å²) in [6, 6.07) is 5.87. The second-order valence-corrected chi connectivity index (χ2v) is 8.66. The van der Waals surface area contributed by atoms with E-state index in [-0.39, 0.29) is 11.5 Å². The van der Waals surface area contributed by atoms with Crippen molar-refractivity contribution in [1.82, 2.24) is 20.4 Å². The fourth-order valence-corrected chi connectivity index (χ4v) is 4.35. The van der Waals surface area contributed by atoms with Crippen molar-refractivity contribution in [1.29, 1.82) is 0 Å². The van der Waals surface area contributed by atoms with Crippen LogP contribution < -0.4 is 10.6 Å². The zero-order valence-electron chi connectivity index (χ0n) is 18.9. The van der Waals surface area contributed by atoms with Gasteiger partial charge in [0.25, 0.3) is 0 Å². The van der Waals surface area contributed by atoms with Crippen LogP contribution in [-0.4, -0.2) is 35.4 Å². The first-order valence-electron chi connectivity index (χ1n) is 10.7. The van der Waals surface area contributed by atoms with Gasteiger partial charge >= 0.3 is 6.18 Å². The molecule has 0 radical (unpaired) electrons. The Bertz CT molecular complexity index is 941. The van der Waals surface area contributed by atoms with Crippen LogP contribution in [0.1, 0.15) is 54.3 Å². The molecule has 2 aromatic rings. The van der Waals surface area contributed by atoms with E-state index in [0.717, 1.165) is 48.7 Å². The Balaban J connectivity index is 1.65. The first-order valence-corrected chi connectivity index (χ1v) is 10.7. The number of aliphatic imine (C=N–C) groups is 1. The summed E-state index contributed by atoms with van der Waals surface area (Å²) in [7, 11) is 3.65. The van der Waals surface area contributed by atoms with Crippen molar-refractivity contribution in [2.24, 2.45) is 12.0 Å². The van der Waals surface area contributed by atoms with E-state index in [9.17, 15) is 13.2 Å². The van der Waals surface area contributed by atoms with Gasteiger partial charge in [0.15, 0.2) is 5.96 Å². The van der Waals surface area contributed by atoms with E-state index in [4.69, 9.17) is 0 Å². The summed E-state index contributed by atoms with van der Waals surface area (Å²) < 4.78 is 41.4. The van der Waals surface area contributed by atoms with Crippen molar-refractivity contribution < 1.29 is 13.2 Å². The van der Waals surface area contributed by atoms with Gasteiger partial charge in [0.1, 0.15) is 0 Å². The minimum absolute atomic E-state index is 0.124. The lowest BCUT2D eigenvalue weighted by Gasteiger charge is -2.43. The summed E-state index contributed by atoms with van der Waals surface area (Å²) in [5.41, 5.74) is 3.25. The molecule has 0 aliphatic heterocycles. The van der Waals surface area contributed by atoms with Gasteiger partial charge in [0, 0.05) is 37.8 Å². The highest BCUT2D eigenvalue weighted by atomic mass is 19.4. The van der Waals surface area contributed by atoms with E-state index in [0.29, 0.717) is 12.5 Å². The van der Waals surface area contributed by atoms with Gasteiger partial charge in [0.2, 0.25) is 0 Å². The van der Waals surface area contributed by atoms with Gasteiger partial charge in [-0.2, -0.15) is 18.3 Å².